The van der Waals surface area contributed by atoms with E-state index < -0.39 is 17.9 Å². The van der Waals surface area contributed by atoms with E-state index >= 15 is 0 Å². The second-order valence-corrected chi connectivity index (χ2v) is 3.39. The van der Waals surface area contributed by atoms with Crippen molar-refractivity contribution < 1.29 is 53.4 Å². The van der Waals surface area contributed by atoms with E-state index in [1.807, 2.05) is 62.3 Å². The molecule has 0 unspecified atom stereocenters. The van der Waals surface area contributed by atoms with Crippen molar-refractivity contribution in [2.24, 2.45) is 0 Å². The van der Waals surface area contributed by atoms with Gasteiger partial charge in [-0.1, -0.05) is 111 Å². The number of aliphatic carboxylic acids is 3. The van der Waals surface area contributed by atoms with Gasteiger partial charge in [-0.2, -0.15) is 21.3 Å². The van der Waals surface area contributed by atoms with Gasteiger partial charge in [0.2, 0.25) is 0 Å². The summed E-state index contributed by atoms with van der Waals surface area (Å²) in [6, 6.07) is 0. The average molecular weight is 663 g/mol. The van der Waals surface area contributed by atoms with Gasteiger partial charge in [0, 0.05) is 19.8 Å². The first-order valence-electron chi connectivity index (χ1n) is 11.2. The summed E-state index contributed by atoms with van der Waals surface area (Å²) < 4.78 is 0. The van der Waals surface area contributed by atoms with Gasteiger partial charge in [0.05, 0.1) is 0 Å². The Kier molecular flexibility index (Phi) is 714. The maximum absolute atomic E-state index is 9.60. The number of hydrogen-bond acceptors (Lipinski definition) is 9. The zero-order chi connectivity index (χ0) is 29.0. The molecule has 40 heavy (non-hydrogen) atoms. The van der Waals surface area contributed by atoms with Crippen molar-refractivity contribution in [2.75, 3.05) is 21.3 Å². The molecule has 0 radical (unpaired) electrons. The molecule has 0 bridgehead atoms. The molecule has 0 atom stereocenters. The zero-order valence-corrected chi connectivity index (χ0v) is 32.9. The zero-order valence-electron chi connectivity index (χ0n) is 28.0. The van der Waals surface area contributed by atoms with E-state index in [1.165, 1.54) is 0 Å². The van der Waals surface area contributed by atoms with Crippen LogP contribution in [0.25, 0.3) is 0 Å². The van der Waals surface area contributed by atoms with Crippen LogP contribution in [0.5, 0.6) is 0 Å². The molecule has 0 rings (SSSR count). The average Bonchev–Trinajstić information content (AvgIpc) is 2.84. The van der Waals surface area contributed by atoms with Crippen molar-refractivity contribution >= 4 is 116 Å². The summed E-state index contributed by atoms with van der Waals surface area (Å²) in [6.45, 7) is 21.4. The molecule has 0 aromatic rings. The van der Waals surface area contributed by atoms with Crippen LogP contribution in [0.1, 0.15) is 140 Å². The minimum absolute atomic E-state index is 0. The van der Waals surface area contributed by atoms with Crippen LogP contribution in [0.15, 0.2) is 0 Å². The van der Waals surface area contributed by atoms with Crippen LogP contribution in [-0.4, -0.2) is 148 Å². The van der Waals surface area contributed by atoms with Crippen molar-refractivity contribution in [1.29, 1.82) is 0 Å². The molecule has 0 saturated heterocycles. The van der Waals surface area contributed by atoms with Gasteiger partial charge in [0.15, 0.2) is 0 Å². The van der Waals surface area contributed by atoms with Gasteiger partial charge >= 0.3 is 106 Å². The fraction of sp³-hybridized carbons (Fsp3) is 0.852. The van der Waals surface area contributed by atoms with Crippen LogP contribution in [0.4, 0.5) is 0 Å². The molecular formula is C27H74Ca2MgO10. The van der Waals surface area contributed by atoms with Crippen LogP contribution >= 0.6 is 0 Å². The van der Waals surface area contributed by atoms with Crippen LogP contribution < -0.4 is 25.5 Å². The standard InChI is InChI=1S/3C4H8O2.4C2H6.3CH3O.3CH4.CH3.2Ca.Mg.H2O.H2/c3*1-2-3-4(5)6;7*1-2;;;;;;;;;/h3*2-3H2,1H3,(H,5,6);4*1-2H3;3*1H3;3*1H4;1H3;;;;1H2;1H/q;;;;;;;3*-1;;;;-1;3*+2;;/p-2. The van der Waals surface area contributed by atoms with E-state index in [-0.39, 0.29) is 149 Å². The van der Waals surface area contributed by atoms with Crippen molar-refractivity contribution in [1.82, 2.24) is 0 Å². The van der Waals surface area contributed by atoms with Gasteiger partial charge in [-0.15, -0.1) is 0 Å². The summed E-state index contributed by atoms with van der Waals surface area (Å²) in [4.78, 5) is 28.6. The molecule has 0 aromatic carbocycles. The number of carbonyl (C=O) groups excluding carboxylic acids is 2. The molecule has 0 amide bonds. The number of hydrogen-bond donors (Lipinski definition) is 1. The molecular weight excluding hydrogens is 589 g/mol. The predicted molar refractivity (Wildman–Crippen MR) is 175 cm³/mol. The Morgan fingerprint density at radius 1 is 0.575 bits per heavy atom. The van der Waals surface area contributed by atoms with Crippen LogP contribution in [0, 0.1) is 7.43 Å². The van der Waals surface area contributed by atoms with E-state index in [2.05, 4.69) is 0 Å². The summed E-state index contributed by atoms with van der Waals surface area (Å²) >= 11 is 0. The predicted octanol–water partition coefficient (Wildman–Crippen LogP) is 2.38. The number of carboxylic acid groups (broad SMARTS) is 3. The number of carboxylic acids is 3. The minimum Gasteiger partial charge on any atom is -0.870 e. The minimum atomic E-state index is -0.961. The second-order valence-electron chi connectivity index (χ2n) is 3.39. The first-order valence-corrected chi connectivity index (χ1v) is 11.2. The van der Waals surface area contributed by atoms with Crippen LogP contribution in [0.3, 0.4) is 0 Å². The molecule has 0 aromatic heterocycles. The van der Waals surface area contributed by atoms with Crippen LogP contribution in [-0.2, 0) is 14.4 Å². The molecule has 0 aliphatic rings. The van der Waals surface area contributed by atoms with Gasteiger partial charge < -0.3 is 53.1 Å². The Balaban J connectivity index is -0.00000000723. The topological polar surface area (TPSA) is 217 Å². The Labute approximate surface area is 332 Å². The third-order valence-electron chi connectivity index (χ3n) is 1.37. The molecule has 2 N–H and O–H groups in total. The molecule has 248 valence electrons. The number of rotatable bonds is 6. The fourth-order valence-corrected chi connectivity index (χ4v) is 0.622. The fourth-order valence-electron chi connectivity index (χ4n) is 0.622. The summed E-state index contributed by atoms with van der Waals surface area (Å²) in [5, 5.41) is 51.6. The van der Waals surface area contributed by atoms with E-state index in [1.54, 1.807) is 13.8 Å². The van der Waals surface area contributed by atoms with Crippen molar-refractivity contribution in [3.8, 4) is 0 Å². The second kappa shape index (κ2) is 232. The van der Waals surface area contributed by atoms with Crippen molar-refractivity contribution in [3.63, 3.8) is 0 Å². The maximum Gasteiger partial charge on any atom is 2.00 e. The molecule has 0 saturated carbocycles. The summed E-state index contributed by atoms with van der Waals surface area (Å²) in [5.74, 6) is -2.63. The first kappa shape index (κ1) is 123. The summed E-state index contributed by atoms with van der Waals surface area (Å²) in [5.41, 5.74) is 0. The monoisotopic (exact) mass is 662 g/mol. The first-order chi connectivity index (χ1) is 15.3. The molecule has 10 nitrogen and oxygen atoms in total. The van der Waals surface area contributed by atoms with E-state index in [4.69, 9.17) is 20.4 Å². The molecule has 0 aliphatic carbocycles. The van der Waals surface area contributed by atoms with E-state index in [0.717, 1.165) is 27.8 Å². The Morgan fingerprint density at radius 3 is 0.700 bits per heavy atom. The molecule has 0 spiro atoms. The summed E-state index contributed by atoms with van der Waals surface area (Å²) in [7, 11) is 2.25. The molecule has 13 heteroatoms. The molecule has 0 aliphatic heterocycles. The third kappa shape index (κ3) is 529. The largest absolute Gasteiger partial charge is 2.00 e. The van der Waals surface area contributed by atoms with Crippen molar-refractivity contribution in [2.45, 2.75) is 137 Å². The Morgan fingerprint density at radius 2 is 0.700 bits per heavy atom. The Hall–Kier alpha value is 1.54. The van der Waals surface area contributed by atoms with Gasteiger partial charge in [-0.25, -0.2) is 0 Å². The van der Waals surface area contributed by atoms with Gasteiger partial charge in [0.25, 0.3) is 0 Å². The van der Waals surface area contributed by atoms with Gasteiger partial charge in [0.1, 0.15) is 0 Å². The molecule has 0 heterocycles. The van der Waals surface area contributed by atoms with Gasteiger partial charge in [-0.3, -0.25) is 4.79 Å². The SMILES string of the molecule is C.C.C.CC.CC.CC.CC.CCCC(=O)O.CCCC(=O)[O-].CCCC(=O)[O-].C[O-].C[O-].C[O-].[CH3-].[Ca+2].[Ca+2].[H+].[HH].[Mg+2].[OH-]. The maximum atomic E-state index is 9.60. The van der Waals surface area contributed by atoms with Crippen LogP contribution in [0.2, 0.25) is 0 Å². The van der Waals surface area contributed by atoms with Crippen molar-refractivity contribution in [3.05, 3.63) is 7.43 Å². The summed E-state index contributed by atoms with van der Waals surface area (Å²) in [6.07, 6.45) is 2.72. The van der Waals surface area contributed by atoms with Gasteiger partial charge in [-0.05, 0) is 19.3 Å². The normalized spacial score (nSPS) is 4.72. The quantitative estimate of drug-likeness (QED) is 0.323. The third-order valence-corrected chi connectivity index (χ3v) is 1.37. The Bertz CT molecular complexity index is 231. The van der Waals surface area contributed by atoms with E-state index in [9.17, 15) is 24.6 Å². The number of carbonyl (C=O) groups is 3. The molecule has 0 fully saturated rings. The van der Waals surface area contributed by atoms with E-state index in [0.29, 0.717) is 19.3 Å². The smallest absolute Gasteiger partial charge is 0.870 e.